The molecule has 1 aliphatic rings. The van der Waals surface area contributed by atoms with Gasteiger partial charge in [0.2, 0.25) is 0 Å². The second-order valence-corrected chi connectivity index (χ2v) is 8.83. The number of carboxylic acids is 1. The largest absolute Gasteiger partial charge is 0.483 e. The van der Waals surface area contributed by atoms with E-state index in [4.69, 9.17) is 21.4 Å². The predicted molar refractivity (Wildman–Crippen MR) is 124 cm³/mol. The van der Waals surface area contributed by atoms with E-state index in [0.717, 1.165) is 0 Å². The molecule has 0 saturated carbocycles. The summed E-state index contributed by atoms with van der Waals surface area (Å²) in [6.07, 6.45) is -12.0. The maximum atomic E-state index is 13.6. The molecule has 0 spiro atoms. The van der Waals surface area contributed by atoms with Gasteiger partial charge < -0.3 is 9.84 Å². The normalized spacial score (nSPS) is 13.8. The van der Waals surface area contributed by atoms with Crippen molar-refractivity contribution in [2.75, 3.05) is 11.5 Å². The number of aliphatic carboxylic acids is 1. The van der Waals surface area contributed by atoms with Crippen LogP contribution in [0.25, 0.3) is 10.8 Å². The Morgan fingerprint density at radius 1 is 0.921 bits per heavy atom. The van der Waals surface area contributed by atoms with Crippen LogP contribution in [0.3, 0.4) is 0 Å². The zero-order chi connectivity index (χ0) is 28.0. The van der Waals surface area contributed by atoms with E-state index < -0.39 is 72.9 Å². The van der Waals surface area contributed by atoms with Gasteiger partial charge in [-0.3, -0.25) is 14.4 Å². The lowest BCUT2D eigenvalue weighted by atomic mass is 9.91. The summed E-state index contributed by atoms with van der Waals surface area (Å²) in [5.41, 5.74) is -1.29. The molecule has 0 atom stereocenters. The molecule has 0 aliphatic carbocycles. The Morgan fingerprint density at radius 2 is 1.55 bits per heavy atom. The van der Waals surface area contributed by atoms with Gasteiger partial charge >= 0.3 is 18.3 Å². The van der Waals surface area contributed by atoms with Crippen molar-refractivity contribution in [1.82, 2.24) is 0 Å². The van der Waals surface area contributed by atoms with E-state index in [2.05, 4.69) is 0 Å². The Labute approximate surface area is 215 Å². The van der Waals surface area contributed by atoms with Gasteiger partial charge in [0, 0.05) is 11.8 Å². The minimum absolute atomic E-state index is 0.0265. The maximum absolute atomic E-state index is 13.6. The quantitative estimate of drug-likeness (QED) is 0.269. The molecule has 3 aromatic carbocycles. The first-order valence-corrected chi connectivity index (χ1v) is 11.3. The number of benzene rings is 3. The van der Waals surface area contributed by atoms with E-state index in [0.29, 0.717) is 4.90 Å². The highest BCUT2D eigenvalue weighted by Crippen LogP contribution is 2.45. The molecule has 3 aromatic rings. The minimum Gasteiger partial charge on any atom is -0.483 e. The van der Waals surface area contributed by atoms with Crippen molar-refractivity contribution in [3.05, 3.63) is 69.7 Å². The summed E-state index contributed by atoms with van der Waals surface area (Å²) < 4.78 is 83.6. The van der Waals surface area contributed by atoms with Crippen molar-refractivity contribution in [3.8, 4) is 5.75 Å². The Bertz CT molecular complexity index is 1390. The second-order valence-electron chi connectivity index (χ2n) is 8.42. The third-order valence-corrected chi connectivity index (χ3v) is 6.06. The van der Waals surface area contributed by atoms with Crippen molar-refractivity contribution in [2.45, 2.75) is 31.6 Å². The minimum atomic E-state index is -4.82. The summed E-state index contributed by atoms with van der Waals surface area (Å²) in [5.74, 6) is -4.02. The Balaban J connectivity index is 1.93. The van der Waals surface area contributed by atoms with Gasteiger partial charge in [0.1, 0.15) is 5.75 Å². The van der Waals surface area contributed by atoms with Crippen molar-refractivity contribution < 1.29 is 50.6 Å². The first-order chi connectivity index (χ1) is 17.7. The highest BCUT2D eigenvalue weighted by Gasteiger charge is 2.44. The summed E-state index contributed by atoms with van der Waals surface area (Å²) in [4.78, 5) is 38.6. The number of amides is 2. The van der Waals surface area contributed by atoms with E-state index in [1.54, 1.807) is 0 Å². The van der Waals surface area contributed by atoms with E-state index in [1.807, 2.05) is 0 Å². The zero-order valence-electron chi connectivity index (χ0n) is 19.0. The number of rotatable bonds is 7. The molecule has 200 valence electrons. The third kappa shape index (κ3) is 5.40. The number of alkyl halides is 6. The molecule has 0 aromatic heterocycles. The molecule has 13 heteroatoms. The van der Waals surface area contributed by atoms with E-state index >= 15 is 0 Å². The number of halogens is 7. The average Bonchev–Trinajstić information content (AvgIpc) is 3.05. The SMILES string of the molecule is O=C(O)Cc1ccc(N2C(=O)c3c(c(OCC(F)(F)F)c4ccccc4c3CCC(F)(F)F)C2=O)c(Cl)c1. The van der Waals surface area contributed by atoms with Gasteiger partial charge in [-0.25, -0.2) is 4.90 Å². The number of imide groups is 1. The number of ether oxygens (including phenoxy) is 1. The molecule has 1 N–H and O–H groups in total. The molecule has 1 aliphatic heterocycles. The van der Waals surface area contributed by atoms with Crippen LogP contribution in [-0.2, 0) is 17.6 Å². The zero-order valence-corrected chi connectivity index (χ0v) is 19.8. The van der Waals surface area contributed by atoms with Gasteiger partial charge in [0.15, 0.2) is 6.61 Å². The molecule has 0 radical (unpaired) electrons. The van der Waals surface area contributed by atoms with Crippen LogP contribution in [0, 0.1) is 0 Å². The van der Waals surface area contributed by atoms with Crippen LogP contribution in [0.15, 0.2) is 42.5 Å². The molecule has 2 amide bonds. The molecule has 1 heterocycles. The molecule has 4 rings (SSSR count). The predicted octanol–water partition coefficient (Wildman–Crippen LogP) is 6.36. The van der Waals surface area contributed by atoms with Gasteiger partial charge in [0.05, 0.1) is 28.3 Å². The van der Waals surface area contributed by atoms with Crippen LogP contribution >= 0.6 is 11.6 Å². The summed E-state index contributed by atoms with van der Waals surface area (Å²) in [5, 5.41) is 8.71. The Morgan fingerprint density at radius 3 is 2.13 bits per heavy atom. The van der Waals surface area contributed by atoms with Crippen molar-refractivity contribution >= 4 is 45.8 Å². The number of carbonyl (C=O) groups excluding carboxylic acids is 2. The van der Waals surface area contributed by atoms with E-state index in [9.17, 15) is 40.7 Å². The number of anilines is 1. The Hall–Kier alpha value is -3.80. The van der Waals surface area contributed by atoms with Gasteiger partial charge in [-0.1, -0.05) is 41.9 Å². The molecule has 0 fully saturated rings. The van der Waals surface area contributed by atoms with Crippen LogP contribution < -0.4 is 9.64 Å². The lowest BCUT2D eigenvalue weighted by Gasteiger charge is -2.18. The van der Waals surface area contributed by atoms with Crippen LogP contribution in [0.2, 0.25) is 5.02 Å². The highest BCUT2D eigenvalue weighted by atomic mass is 35.5. The summed E-state index contributed by atoms with van der Waals surface area (Å²) in [6.45, 7) is -1.82. The number of carbonyl (C=O) groups is 3. The van der Waals surface area contributed by atoms with Gasteiger partial charge in [-0.05, 0) is 35.1 Å². The third-order valence-electron chi connectivity index (χ3n) is 5.76. The molecule has 6 nitrogen and oxygen atoms in total. The van der Waals surface area contributed by atoms with Crippen LogP contribution in [0.4, 0.5) is 32.0 Å². The monoisotopic (exact) mass is 559 g/mol. The number of hydrogen-bond donors (Lipinski definition) is 1. The van der Waals surface area contributed by atoms with Gasteiger partial charge in [-0.15, -0.1) is 0 Å². The van der Waals surface area contributed by atoms with Gasteiger partial charge in [-0.2, -0.15) is 26.3 Å². The first kappa shape index (κ1) is 27.2. The summed E-state index contributed by atoms with van der Waals surface area (Å²) in [7, 11) is 0. The summed E-state index contributed by atoms with van der Waals surface area (Å²) in [6, 6.07) is 9.09. The van der Waals surface area contributed by atoms with Crippen LogP contribution in [-0.4, -0.2) is 41.8 Å². The fourth-order valence-electron chi connectivity index (χ4n) is 4.30. The van der Waals surface area contributed by atoms with Crippen LogP contribution in [0.1, 0.15) is 38.3 Å². The van der Waals surface area contributed by atoms with E-state index in [-0.39, 0.29) is 32.6 Å². The average molecular weight is 560 g/mol. The van der Waals surface area contributed by atoms with Gasteiger partial charge in [0.25, 0.3) is 11.8 Å². The molecule has 0 bridgehead atoms. The lowest BCUT2D eigenvalue weighted by molar-refractivity contribution is -0.153. The second kappa shape index (κ2) is 9.82. The van der Waals surface area contributed by atoms with E-state index in [1.165, 1.54) is 42.5 Å². The molecule has 38 heavy (non-hydrogen) atoms. The summed E-state index contributed by atoms with van der Waals surface area (Å²) >= 11 is 6.22. The fraction of sp³-hybridized carbons (Fsp3) is 0.240. The molecular formula is C25H16ClF6NO5. The van der Waals surface area contributed by atoms with Crippen molar-refractivity contribution in [1.29, 1.82) is 0 Å². The number of carboxylic acid groups (broad SMARTS) is 1. The van der Waals surface area contributed by atoms with Crippen molar-refractivity contribution in [2.24, 2.45) is 0 Å². The Kier molecular flexibility index (Phi) is 7.04. The number of fused-ring (bicyclic) bond motifs is 2. The maximum Gasteiger partial charge on any atom is 0.422 e. The lowest BCUT2D eigenvalue weighted by Crippen LogP contribution is -2.30. The fourth-order valence-corrected chi connectivity index (χ4v) is 4.59. The molecule has 0 unspecified atom stereocenters. The van der Waals surface area contributed by atoms with Crippen LogP contribution in [0.5, 0.6) is 5.75 Å². The molecular weight excluding hydrogens is 544 g/mol. The van der Waals surface area contributed by atoms with Crippen molar-refractivity contribution in [3.63, 3.8) is 0 Å². The molecule has 0 saturated heterocycles. The standard InChI is InChI=1S/C25H16ClF6NO5/c26-16-9-12(10-18(34)35)5-6-17(16)33-22(36)19-14(7-8-24(27,28)29)13-3-1-2-4-15(13)21(20(19)23(33)37)38-11-25(30,31)32/h1-6,9H,7-8,10-11H2,(H,34,35). The topological polar surface area (TPSA) is 83.9 Å². The number of nitrogens with zero attached hydrogens (tertiary/aromatic N) is 1. The first-order valence-electron chi connectivity index (χ1n) is 10.9. The highest BCUT2D eigenvalue weighted by molar-refractivity contribution is 6.41. The smallest absolute Gasteiger partial charge is 0.422 e. The number of aryl methyl sites for hydroxylation is 1. The number of hydrogen-bond acceptors (Lipinski definition) is 4.